The molecule has 4 nitrogen and oxygen atoms in total. The Labute approximate surface area is 89.7 Å². The van der Waals surface area contributed by atoms with Crippen LogP contribution in [0.4, 0.5) is 0 Å². The van der Waals surface area contributed by atoms with Crippen LogP contribution in [0.2, 0.25) is 0 Å². The average molecular weight is 240 g/mol. The predicted octanol–water partition coefficient (Wildman–Crippen LogP) is 1.27. The van der Waals surface area contributed by atoms with Crippen molar-refractivity contribution in [3.63, 3.8) is 0 Å². The summed E-state index contributed by atoms with van der Waals surface area (Å²) in [4.78, 5) is 0. The Morgan fingerprint density at radius 1 is 0.929 bits per heavy atom. The van der Waals surface area contributed by atoms with E-state index in [1.165, 1.54) is 14.2 Å². The largest absolute Gasteiger partial charge is 0.293 e. The normalized spacial score (nSPS) is 25.6. The lowest BCUT2D eigenvalue weighted by atomic mass is 10.00. The van der Waals surface area contributed by atoms with Crippen molar-refractivity contribution < 1.29 is 16.8 Å². The molecule has 1 aliphatic carbocycles. The maximum absolute atomic E-state index is 11.7. The fourth-order valence-electron chi connectivity index (χ4n) is 1.78. The van der Waals surface area contributed by atoms with Crippen LogP contribution in [0.1, 0.15) is 32.1 Å². The Balaban J connectivity index is 2.87. The quantitative estimate of drug-likeness (QED) is 0.742. The van der Waals surface area contributed by atoms with Crippen molar-refractivity contribution in [3.8, 4) is 0 Å². The van der Waals surface area contributed by atoms with E-state index < -0.39 is 26.2 Å². The topological polar surface area (TPSA) is 52.6 Å². The zero-order valence-electron chi connectivity index (χ0n) is 8.49. The molecule has 6 heteroatoms. The fourth-order valence-corrected chi connectivity index (χ4v) is 4.49. The second-order valence-corrected chi connectivity index (χ2v) is 6.70. The molecule has 0 aliphatic heterocycles. The van der Waals surface area contributed by atoms with Gasteiger partial charge < -0.3 is 0 Å². The zero-order chi connectivity index (χ0) is 10.6. The first-order chi connectivity index (χ1) is 6.67. The highest BCUT2D eigenvalue weighted by molar-refractivity contribution is 7.99. The van der Waals surface area contributed by atoms with Crippen molar-refractivity contribution in [2.75, 3.05) is 14.2 Å². The standard InChI is InChI=1S/C8H16O4S2/c1-11-13(9)8(14(10)12-2)6-4-3-5-7-8/h3-7H2,1-2H3. The summed E-state index contributed by atoms with van der Waals surface area (Å²) >= 11 is -3.05. The van der Waals surface area contributed by atoms with Crippen LogP contribution in [0.3, 0.4) is 0 Å². The summed E-state index contributed by atoms with van der Waals surface area (Å²) in [5.41, 5.74) is 0. The molecule has 0 aromatic heterocycles. The molecule has 0 bridgehead atoms. The molecule has 0 amide bonds. The molecule has 0 N–H and O–H groups in total. The monoisotopic (exact) mass is 240 g/mol. The van der Waals surface area contributed by atoms with E-state index in [0.29, 0.717) is 12.8 Å². The second-order valence-electron chi connectivity index (χ2n) is 3.27. The maximum Gasteiger partial charge on any atom is 0.177 e. The van der Waals surface area contributed by atoms with Gasteiger partial charge in [-0.05, 0) is 12.8 Å². The first kappa shape index (κ1) is 12.3. The van der Waals surface area contributed by atoms with Crippen molar-refractivity contribution in [2.24, 2.45) is 0 Å². The van der Waals surface area contributed by atoms with E-state index >= 15 is 0 Å². The molecule has 1 rings (SSSR count). The molecule has 0 aromatic rings. The lowest BCUT2D eigenvalue weighted by Gasteiger charge is -2.32. The smallest absolute Gasteiger partial charge is 0.177 e. The second kappa shape index (κ2) is 5.34. The molecule has 0 radical (unpaired) electrons. The van der Waals surface area contributed by atoms with Gasteiger partial charge in [-0.25, -0.2) is 8.42 Å². The molecule has 1 saturated carbocycles. The molecule has 1 aliphatic rings. The molecule has 2 atom stereocenters. The molecular formula is C8H16O4S2. The molecule has 1 fully saturated rings. The van der Waals surface area contributed by atoms with Gasteiger partial charge in [-0.15, -0.1) is 0 Å². The number of rotatable bonds is 4. The first-order valence-corrected chi connectivity index (χ1v) is 6.75. The molecular weight excluding hydrogens is 224 g/mol. The molecule has 84 valence electrons. The average Bonchev–Trinajstić information content (AvgIpc) is 2.27. The van der Waals surface area contributed by atoms with Crippen LogP contribution in [-0.4, -0.2) is 26.7 Å². The van der Waals surface area contributed by atoms with Gasteiger partial charge in [0.25, 0.3) is 0 Å². The first-order valence-electron chi connectivity index (χ1n) is 4.60. The van der Waals surface area contributed by atoms with E-state index in [4.69, 9.17) is 8.37 Å². The van der Waals surface area contributed by atoms with Gasteiger partial charge in [0.05, 0.1) is 14.2 Å². The Morgan fingerprint density at radius 3 is 1.71 bits per heavy atom. The van der Waals surface area contributed by atoms with E-state index in [-0.39, 0.29) is 0 Å². The summed E-state index contributed by atoms with van der Waals surface area (Å²) in [6, 6.07) is 0. The highest BCUT2D eigenvalue weighted by Gasteiger charge is 2.45. The Morgan fingerprint density at radius 2 is 1.36 bits per heavy atom. The van der Waals surface area contributed by atoms with Crippen LogP contribution in [0.5, 0.6) is 0 Å². The van der Waals surface area contributed by atoms with Crippen molar-refractivity contribution in [2.45, 2.75) is 36.2 Å². The van der Waals surface area contributed by atoms with Gasteiger partial charge >= 0.3 is 0 Å². The van der Waals surface area contributed by atoms with Crippen LogP contribution >= 0.6 is 0 Å². The Kier molecular flexibility index (Phi) is 4.69. The summed E-state index contributed by atoms with van der Waals surface area (Å²) in [6.07, 6.45) is 4.26. The molecule has 14 heavy (non-hydrogen) atoms. The van der Waals surface area contributed by atoms with E-state index in [1.54, 1.807) is 0 Å². The summed E-state index contributed by atoms with van der Waals surface area (Å²) in [5, 5.41) is 0. The third-order valence-electron chi connectivity index (χ3n) is 2.53. The van der Waals surface area contributed by atoms with Gasteiger partial charge in [0.1, 0.15) is 0 Å². The Hall–Kier alpha value is 0.220. The third-order valence-corrected chi connectivity index (χ3v) is 5.98. The summed E-state index contributed by atoms with van der Waals surface area (Å²) in [6.45, 7) is 0. The van der Waals surface area contributed by atoms with Crippen LogP contribution in [0.15, 0.2) is 0 Å². The van der Waals surface area contributed by atoms with Crippen molar-refractivity contribution >= 4 is 22.2 Å². The molecule has 0 spiro atoms. The van der Waals surface area contributed by atoms with E-state index in [9.17, 15) is 8.42 Å². The number of hydrogen-bond acceptors (Lipinski definition) is 4. The van der Waals surface area contributed by atoms with Gasteiger partial charge in [-0.1, -0.05) is 19.3 Å². The number of hydrogen-bond donors (Lipinski definition) is 0. The highest BCUT2D eigenvalue weighted by atomic mass is 32.3. The van der Waals surface area contributed by atoms with Crippen LogP contribution in [-0.2, 0) is 30.5 Å². The van der Waals surface area contributed by atoms with Crippen molar-refractivity contribution in [3.05, 3.63) is 0 Å². The minimum atomic E-state index is -1.53. The minimum absolute atomic E-state index is 0.647. The van der Waals surface area contributed by atoms with Gasteiger partial charge in [0.2, 0.25) is 0 Å². The summed E-state index contributed by atoms with van der Waals surface area (Å²) < 4.78 is 32.2. The molecule has 0 aromatic carbocycles. The fraction of sp³-hybridized carbons (Fsp3) is 1.00. The lowest BCUT2D eigenvalue weighted by Crippen LogP contribution is -2.42. The van der Waals surface area contributed by atoms with Gasteiger partial charge in [0, 0.05) is 0 Å². The van der Waals surface area contributed by atoms with Crippen molar-refractivity contribution in [1.82, 2.24) is 0 Å². The molecule has 0 heterocycles. The van der Waals surface area contributed by atoms with Gasteiger partial charge in [0.15, 0.2) is 26.2 Å². The van der Waals surface area contributed by atoms with Crippen LogP contribution in [0, 0.1) is 0 Å². The Bertz CT molecular complexity index is 217. The lowest BCUT2D eigenvalue weighted by molar-refractivity contribution is 0.369. The van der Waals surface area contributed by atoms with Crippen LogP contribution < -0.4 is 0 Å². The van der Waals surface area contributed by atoms with E-state index in [2.05, 4.69) is 0 Å². The van der Waals surface area contributed by atoms with Crippen molar-refractivity contribution in [1.29, 1.82) is 0 Å². The summed E-state index contributed by atoms with van der Waals surface area (Å²) in [5.74, 6) is 0. The molecule has 0 saturated heterocycles. The SMILES string of the molecule is COS(=O)C1(S(=O)OC)CCCCC1. The minimum Gasteiger partial charge on any atom is -0.293 e. The van der Waals surface area contributed by atoms with E-state index in [0.717, 1.165) is 19.3 Å². The molecule has 2 unspecified atom stereocenters. The van der Waals surface area contributed by atoms with Gasteiger partial charge in [-0.2, -0.15) is 0 Å². The summed E-state index contributed by atoms with van der Waals surface area (Å²) in [7, 11) is 2.75. The highest BCUT2D eigenvalue weighted by Crippen LogP contribution is 2.37. The predicted molar refractivity (Wildman–Crippen MR) is 56.1 cm³/mol. The van der Waals surface area contributed by atoms with E-state index in [1.807, 2.05) is 0 Å². The maximum atomic E-state index is 11.7. The zero-order valence-corrected chi connectivity index (χ0v) is 10.1. The van der Waals surface area contributed by atoms with Crippen LogP contribution in [0.25, 0.3) is 0 Å². The van der Waals surface area contributed by atoms with Gasteiger partial charge in [-0.3, -0.25) is 8.37 Å². The third kappa shape index (κ3) is 2.24.